The van der Waals surface area contributed by atoms with Crippen molar-refractivity contribution in [2.24, 2.45) is 0 Å². The number of fused-ring (bicyclic) bond motifs is 1. The van der Waals surface area contributed by atoms with Gasteiger partial charge >= 0.3 is 6.18 Å². The quantitative estimate of drug-likeness (QED) is 0.561. The normalized spacial score (nSPS) is 17.4. The molecule has 2 aliphatic rings. The van der Waals surface area contributed by atoms with Crippen LogP contribution in [0.1, 0.15) is 16.1 Å². The van der Waals surface area contributed by atoms with Crippen molar-refractivity contribution >= 4 is 28.8 Å². The van der Waals surface area contributed by atoms with E-state index in [1.807, 2.05) is 41.0 Å². The summed E-state index contributed by atoms with van der Waals surface area (Å²) in [7, 11) is 0. The Morgan fingerprint density at radius 3 is 2.41 bits per heavy atom. The molecule has 0 atom stereocenters. The van der Waals surface area contributed by atoms with Gasteiger partial charge in [-0.3, -0.25) is 4.79 Å². The van der Waals surface area contributed by atoms with Crippen molar-refractivity contribution in [2.75, 3.05) is 55.7 Å². The van der Waals surface area contributed by atoms with Gasteiger partial charge in [0.2, 0.25) is 5.65 Å². The van der Waals surface area contributed by atoms with Gasteiger partial charge in [-0.2, -0.15) is 18.2 Å². The number of amides is 1. The molecule has 5 rings (SSSR count). The number of nitrogens with zero attached hydrogens (tertiary/aromatic N) is 5. The van der Waals surface area contributed by atoms with Gasteiger partial charge in [0.05, 0.1) is 6.10 Å². The molecule has 8 nitrogen and oxygen atoms in total. The van der Waals surface area contributed by atoms with Gasteiger partial charge < -0.3 is 23.9 Å². The van der Waals surface area contributed by atoms with Gasteiger partial charge in [0.1, 0.15) is 6.61 Å². The summed E-state index contributed by atoms with van der Waals surface area (Å²) < 4.78 is 47.4. The standard InChI is InChI=1S/C23H24F3N5O3/c1-15-2-7-19-20(27-15)28-22(34-19)30-10-8-29(9-11-30)21(32)16-3-5-17(6-4-16)31-12-18(13-31)33-14-23(24,25)26/h2-7,18H,8-14H2,1H3. The minimum absolute atomic E-state index is 0.0592. The van der Waals surface area contributed by atoms with Crippen LogP contribution in [0.4, 0.5) is 24.9 Å². The molecule has 1 aromatic carbocycles. The molecule has 4 heterocycles. The van der Waals surface area contributed by atoms with E-state index in [1.165, 1.54) is 0 Å². The number of benzene rings is 1. The Kier molecular flexibility index (Phi) is 5.80. The minimum Gasteiger partial charge on any atom is -0.422 e. The predicted molar refractivity (Wildman–Crippen MR) is 119 cm³/mol. The second kappa shape index (κ2) is 8.79. The SMILES string of the molecule is Cc1ccc2oc(N3CCN(C(=O)c4ccc(N5CC(OCC(F)(F)F)C5)cc4)CC3)nc2n1. The number of aryl methyl sites for hydroxylation is 1. The van der Waals surface area contributed by atoms with Crippen LogP contribution in [0.15, 0.2) is 40.8 Å². The van der Waals surface area contributed by atoms with Crippen LogP contribution >= 0.6 is 0 Å². The van der Waals surface area contributed by atoms with Gasteiger partial charge in [0, 0.05) is 56.2 Å². The molecule has 2 fully saturated rings. The molecule has 2 aromatic heterocycles. The van der Waals surface area contributed by atoms with E-state index in [2.05, 4.69) is 9.97 Å². The number of carbonyl (C=O) groups excluding carboxylic acids is 1. The van der Waals surface area contributed by atoms with Crippen molar-refractivity contribution in [2.45, 2.75) is 19.2 Å². The van der Waals surface area contributed by atoms with Gasteiger partial charge in [-0.1, -0.05) is 0 Å². The third-order valence-corrected chi connectivity index (χ3v) is 6.03. The van der Waals surface area contributed by atoms with E-state index in [9.17, 15) is 18.0 Å². The smallest absolute Gasteiger partial charge is 0.411 e. The fourth-order valence-corrected chi connectivity index (χ4v) is 4.10. The Balaban J connectivity index is 1.13. The van der Waals surface area contributed by atoms with Crippen LogP contribution in [0.3, 0.4) is 0 Å². The lowest BCUT2D eigenvalue weighted by Gasteiger charge is -2.40. The molecule has 0 aliphatic carbocycles. The number of rotatable bonds is 5. The van der Waals surface area contributed by atoms with E-state index in [0.29, 0.717) is 62.1 Å². The first-order chi connectivity index (χ1) is 16.2. The van der Waals surface area contributed by atoms with Gasteiger partial charge in [0.15, 0.2) is 5.58 Å². The third-order valence-electron chi connectivity index (χ3n) is 6.03. The zero-order valence-corrected chi connectivity index (χ0v) is 18.6. The largest absolute Gasteiger partial charge is 0.422 e. The Morgan fingerprint density at radius 2 is 1.74 bits per heavy atom. The maximum atomic E-state index is 12.9. The molecule has 3 aromatic rings. The molecular weight excluding hydrogens is 451 g/mol. The molecule has 0 spiro atoms. The van der Waals surface area contributed by atoms with Crippen molar-refractivity contribution in [1.82, 2.24) is 14.9 Å². The number of carbonyl (C=O) groups is 1. The number of pyridine rings is 1. The molecule has 1 amide bonds. The van der Waals surface area contributed by atoms with Crippen molar-refractivity contribution in [3.8, 4) is 0 Å². The van der Waals surface area contributed by atoms with Crippen LogP contribution in [0, 0.1) is 6.92 Å². The highest BCUT2D eigenvalue weighted by atomic mass is 19.4. The fourth-order valence-electron chi connectivity index (χ4n) is 4.10. The van der Waals surface area contributed by atoms with E-state index in [-0.39, 0.29) is 5.91 Å². The van der Waals surface area contributed by atoms with E-state index >= 15 is 0 Å². The highest BCUT2D eigenvalue weighted by Crippen LogP contribution is 2.26. The third kappa shape index (κ3) is 4.79. The Bertz CT molecular complexity index is 1170. The van der Waals surface area contributed by atoms with Crippen molar-refractivity contribution in [3.63, 3.8) is 0 Å². The maximum absolute atomic E-state index is 12.9. The highest BCUT2D eigenvalue weighted by Gasteiger charge is 2.34. The molecular formula is C23H24F3N5O3. The van der Waals surface area contributed by atoms with Crippen LogP contribution in [-0.2, 0) is 4.74 Å². The van der Waals surface area contributed by atoms with Gasteiger partial charge in [-0.15, -0.1) is 0 Å². The summed E-state index contributed by atoms with van der Waals surface area (Å²) >= 11 is 0. The Labute approximate surface area is 193 Å². The zero-order chi connectivity index (χ0) is 23.9. The molecule has 0 radical (unpaired) electrons. The number of alkyl halides is 3. The van der Waals surface area contributed by atoms with E-state index in [0.717, 1.165) is 11.4 Å². The number of oxazole rings is 1. The summed E-state index contributed by atoms with van der Waals surface area (Å²) in [5.41, 5.74) is 3.52. The lowest BCUT2D eigenvalue weighted by atomic mass is 10.1. The molecule has 0 bridgehead atoms. The number of piperazine rings is 1. The van der Waals surface area contributed by atoms with Gasteiger partial charge in [-0.25, -0.2) is 4.98 Å². The summed E-state index contributed by atoms with van der Waals surface area (Å²) in [5.74, 6) is -0.0592. The topological polar surface area (TPSA) is 74.9 Å². The number of hydrogen-bond acceptors (Lipinski definition) is 7. The monoisotopic (exact) mass is 475 g/mol. The fraction of sp³-hybridized carbons (Fsp3) is 0.435. The van der Waals surface area contributed by atoms with Crippen molar-refractivity contribution in [1.29, 1.82) is 0 Å². The number of hydrogen-bond donors (Lipinski definition) is 0. The van der Waals surface area contributed by atoms with Crippen molar-refractivity contribution < 1.29 is 27.1 Å². The molecule has 0 N–H and O–H groups in total. The van der Waals surface area contributed by atoms with Crippen LogP contribution in [0.25, 0.3) is 11.2 Å². The average Bonchev–Trinajstić information content (AvgIpc) is 3.20. The summed E-state index contributed by atoms with van der Waals surface area (Å²) in [5, 5.41) is 0. The van der Waals surface area contributed by atoms with Crippen LogP contribution in [0.5, 0.6) is 0 Å². The first-order valence-corrected chi connectivity index (χ1v) is 11.1. The maximum Gasteiger partial charge on any atom is 0.411 e. The molecule has 0 unspecified atom stereocenters. The molecule has 11 heteroatoms. The summed E-state index contributed by atoms with van der Waals surface area (Å²) in [6.07, 6.45) is -4.74. The predicted octanol–water partition coefficient (Wildman–Crippen LogP) is 3.26. The molecule has 180 valence electrons. The van der Waals surface area contributed by atoms with E-state index < -0.39 is 18.9 Å². The van der Waals surface area contributed by atoms with Crippen molar-refractivity contribution in [3.05, 3.63) is 47.7 Å². The van der Waals surface area contributed by atoms with Crippen LogP contribution < -0.4 is 9.80 Å². The first-order valence-electron chi connectivity index (χ1n) is 11.1. The van der Waals surface area contributed by atoms with Gasteiger partial charge in [-0.05, 0) is 43.3 Å². The zero-order valence-electron chi connectivity index (χ0n) is 18.6. The van der Waals surface area contributed by atoms with E-state index in [1.54, 1.807) is 17.0 Å². The second-order valence-electron chi connectivity index (χ2n) is 8.55. The molecule has 2 aliphatic heterocycles. The first kappa shape index (κ1) is 22.5. The average molecular weight is 475 g/mol. The highest BCUT2D eigenvalue weighted by molar-refractivity contribution is 5.94. The lowest BCUT2D eigenvalue weighted by molar-refractivity contribution is -0.187. The lowest BCUT2D eigenvalue weighted by Crippen LogP contribution is -2.53. The molecule has 0 saturated carbocycles. The van der Waals surface area contributed by atoms with Crippen LogP contribution in [-0.4, -0.2) is 78.9 Å². The molecule has 34 heavy (non-hydrogen) atoms. The van der Waals surface area contributed by atoms with Gasteiger partial charge in [0.25, 0.3) is 11.9 Å². The number of anilines is 2. The summed E-state index contributed by atoms with van der Waals surface area (Å²) in [6, 6.07) is 11.4. The van der Waals surface area contributed by atoms with Crippen LogP contribution in [0.2, 0.25) is 0 Å². The second-order valence-corrected chi connectivity index (χ2v) is 8.55. The number of halogens is 3. The number of ether oxygens (including phenoxy) is 1. The summed E-state index contributed by atoms with van der Waals surface area (Å²) in [6.45, 7) is 3.75. The number of aromatic nitrogens is 2. The molecule has 2 saturated heterocycles. The summed E-state index contributed by atoms with van der Waals surface area (Å²) in [4.78, 5) is 27.5. The Hall–Kier alpha value is -3.34. The van der Waals surface area contributed by atoms with E-state index in [4.69, 9.17) is 9.15 Å². The minimum atomic E-state index is -4.31. The Morgan fingerprint density at radius 1 is 1.03 bits per heavy atom.